The van der Waals surface area contributed by atoms with Crippen molar-refractivity contribution in [3.05, 3.63) is 58.4 Å². The summed E-state index contributed by atoms with van der Waals surface area (Å²) in [5.41, 5.74) is 10.2. The van der Waals surface area contributed by atoms with Crippen LogP contribution >= 0.6 is 11.3 Å². The van der Waals surface area contributed by atoms with E-state index in [-0.39, 0.29) is 5.75 Å². The number of aromatic nitrogens is 2. The summed E-state index contributed by atoms with van der Waals surface area (Å²) in [6.07, 6.45) is 3.34. The third-order valence-electron chi connectivity index (χ3n) is 4.42. The lowest BCUT2D eigenvalue weighted by atomic mass is 10.1. The Morgan fingerprint density at radius 2 is 2.04 bits per heavy atom. The van der Waals surface area contributed by atoms with Crippen LogP contribution in [0.15, 0.2) is 35.8 Å². The smallest absolute Gasteiger partial charge is 0.251 e. The fourth-order valence-corrected chi connectivity index (χ4v) is 3.96. The van der Waals surface area contributed by atoms with Crippen LogP contribution in [0.2, 0.25) is 0 Å². The van der Waals surface area contributed by atoms with E-state index >= 15 is 0 Å². The first-order valence-electron chi connectivity index (χ1n) is 8.22. The van der Waals surface area contributed by atoms with Crippen molar-refractivity contribution in [1.29, 1.82) is 0 Å². The summed E-state index contributed by atoms with van der Waals surface area (Å²) in [5, 5.41) is 12.1. The molecule has 0 aliphatic heterocycles. The summed E-state index contributed by atoms with van der Waals surface area (Å²) in [6, 6.07) is 7.20. The van der Waals surface area contributed by atoms with Gasteiger partial charge in [0, 0.05) is 35.1 Å². The molecule has 0 atom stereocenters. The Hall–Kier alpha value is -2.60. The highest BCUT2D eigenvalue weighted by Gasteiger charge is 2.25. The van der Waals surface area contributed by atoms with Gasteiger partial charge in [0.05, 0.1) is 5.56 Å². The molecule has 3 N–H and O–H groups in total. The van der Waals surface area contributed by atoms with Crippen LogP contribution < -0.4 is 5.73 Å². The SMILES string of the molecule is CCc1c(-c2nccs2)c(C(N)=O)c(C)n1CCc1ccc(O)cc1. The number of aromatic hydroxyl groups is 1. The van der Waals surface area contributed by atoms with E-state index in [1.165, 1.54) is 11.3 Å². The number of phenols is 1. The zero-order valence-corrected chi connectivity index (χ0v) is 15.1. The van der Waals surface area contributed by atoms with Gasteiger partial charge in [0.15, 0.2) is 0 Å². The Labute approximate surface area is 150 Å². The van der Waals surface area contributed by atoms with Crippen LogP contribution in [0.4, 0.5) is 0 Å². The molecule has 25 heavy (non-hydrogen) atoms. The first-order chi connectivity index (χ1) is 12.0. The van der Waals surface area contributed by atoms with Crippen molar-refractivity contribution in [1.82, 2.24) is 9.55 Å². The molecule has 2 heterocycles. The second kappa shape index (κ2) is 7.11. The fraction of sp³-hybridized carbons (Fsp3) is 0.263. The van der Waals surface area contributed by atoms with Crippen molar-refractivity contribution < 1.29 is 9.90 Å². The first kappa shape index (κ1) is 17.2. The van der Waals surface area contributed by atoms with Gasteiger partial charge in [-0.05, 0) is 37.5 Å². The van der Waals surface area contributed by atoms with Gasteiger partial charge < -0.3 is 15.4 Å². The minimum atomic E-state index is -0.416. The van der Waals surface area contributed by atoms with Gasteiger partial charge in [0.1, 0.15) is 10.8 Å². The Kier molecular flexibility index (Phi) is 4.90. The molecule has 3 rings (SSSR count). The number of amides is 1. The number of thiazole rings is 1. The number of carbonyl (C=O) groups excluding carboxylic acids is 1. The Morgan fingerprint density at radius 1 is 1.32 bits per heavy atom. The maximum atomic E-state index is 12.1. The number of primary amides is 1. The van der Waals surface area contributed by atoms with Gasteiger partial charge in [-0.2, -0.15) is 0 Å². The van der Waals surface area contributed by atoms with Gasteiger partial charge in [-0.3, -0.25) is 4.79 Å². The number of carbonyl (C=O) groups is 1. The zero-order valence-electron chi connectivity index (χ0n) is 14.3. The predicted molar refractivity (Wildman–Crippen MR) is 100.0 cm³/mol. The highest BCUT2D eigenvalue weighted by Crippen LogP contribution is 2.34. The molecular formula is C19H21N3O2S. The maximum Gasteiger partial charge on any atom is 0.251 e. The molecule has 0 fully saturated rings. The molecule has 5 nitrogen and oxygen atoms in total. The van der Waals surface area contributed by atoms with Gasteiger partial charge >= 0.3 is 0 Å². The highest BCUT2D eigenvalue weighted by molar-refractivity contribution is 7.13. The predicted octanol–water partition coefficient (Wildman–Crippen LogP) is 3.53. The van der Waals surface area contributed by atoms with Crippen LogP contribution in [0.5, 0.6) is 5.75 Å². The lowest BCUT2D eigenvalue weighted by molar-refractivity contribution is 0.1000. The van der Waals surface area contributed by atoms with E-state index < -0.39 is 5.91 Å². The van der Waals surface area contributed by atoms with Crippen LogP contribution in [0, 0.1) is 6.92 Å². The van der Waals surface area contributed by atoms with Gasteiger partial charge in [-0.15, -0.1) is 11.3 Å². The van der Waals surface area contributed by atoms with Crippen LogP contribution in [0.25, 0.3) is 10.6 Å². The number of aryl methyl sites for hydroxylation is 1. The third-order valence-corrected chi connectivity index (χ3v) is 5.21. The Bertz CT molecular complexity index is 881. The molecule has 0 aliphatic rings. The molecule has 0 bridgehead atoms. The molecule has 3 aromatic rings. The molecule has 0 saturated carbocycles. The quantitative estimate of drug-likeness (QED) is 0.710. The number of phenolic OH excluding ortho intramolecular Hbond substituents is 1. The minimum absolute atomic E-state index is 0.261. The van der Waals surface area contributed by atoms with E-state index in [0.29, 0.717) is 5.56 Å². The van der Waals surface area contributed by atoms with Gasteiger partial charge in [0.25, 0.3) is 5.91 Å². The maximum absolute atomic E-state index is 12.1. The van der Waals surface area contributed by atoms with Crippen LogP contribution in [0.1, 0.15) is 34.2 Å². The van der Waals surface area contributed by atoms with Crippen molar-refractivity contribution in [2.24, 2.45) is 5.73 Å². The van der Waals surface area contributed by atoms with Crippen LogP contribution in [-0.2, 0) is 19.4 Å². The standard InChI is InChI=1S/C19H21N3O2S/c1-3-15-17(19-21-9-11-25-19)16(18(20)24)12(2)22(15)10-8-13-4-6-14(23)7-5-13/h4-7,9,11,23H,3,8,10H2,1-2H3,(H2,20,24). The summed E-state index contributed by atoms with van der Waals surface area (Å²) in [6.45, 7) is 4.76. The Morgan fingerprint density at radius 3 is 2.60 bits per heavy atom. The monoisotopic (exact) mass is 355 g/mol. The van der Waals surface area contributed by atoms with E-state index in [2.05, 4.69) is 16.5 Å². The van der Waals surface area contributed by atoms with E-state index in [4.69, 9.17) is 5.73 Å². The van der Waals surface area contributed by atoms with Crippen molar-refractivity contribution >= 4 is 17.2 Å². The highest BCUT2D eigenvalue weighted by atomic mass is 32.1. The first-order valence-corrected chi connectivity index (χ1v) is 9.10. The second-order valence-electron chi connectivity index (χ2n) is 5.91. The summed E-state index contributed by atoms with van der Waals surface area (Å²) < 4.78 is 2.17. The number of hydrogen-bond donors (Lipinski definition) is 2. The van der Waals surface area contributed by atoms with Crippen molar-refractivity contribution in [2.75, 3.05) is 0 Å². The lowest BCUT2D eigenvalue weighted by Gasteiger charge is -2.11. The minimum Gasteiger partial charge on any atom is -0.508 e. The molecule has 1 aromatic carbocycles. The molecule has 0 spiro atoms. The summed E-state index contributed by atoms with van der Waals surface area (Å²) >= 11 is 1.52. The van der Waals surface area contributed by atoms with Crippen molar-refractivity contribution in [3.8, 4) is 16.3 Å². The summed E-state index contributed by atoms with van der Waals surface area (Å²) in [4.78, 5) is 16.5. The van der Waals surface area contributed by atoms with E-state index in [1.807, 2.05) is 24.4 Å². The number of nitrogens with two attached hydrogens (primary N) is 1. The molecule has 0 unspecified atom stereocenters. The Balaban J connectivity index is 2.02. The van der Waals surface area contributed by atoms with Gasteiger partial charge in [0.2, 0.25) is 0 Å². The third kappa shape index (κ3) is 3.30. The normalized spacial score (nSPS) is 11.0. The number of nitrogens with zero attached hydrogens (tertiary/aromatic N) is 2. The molecule has 1 amide bonds. The molecule has 130 valence electrons. The average molecular weight is 355 g/mol. The molecule has 0 saturated heterocycles. The largest absolute Gasteiger partial charge is 0.508 e. The number of benzene rings is 1. The topological polar surface area (TPSA) is 81.1 Å². The fourth-order valence-electron chi connectivity index (χ4n) is 3.25. The van der Waals surface area contributed by atoms with E-state index in [0.717, 1.165) is 46.9 Å². The van der Waals surface area contributed by atoms with E-state index in [1.54, 1.807) is 18.3 Å². The molecule has 6 heteroatoms. The number of rotatable bonds is 6. The number of hydrogen-bond acceptors (Lipinski definition) is 4. The summed E-state index contributed by atoms with van der Waals surface area (Å²) in [7, 11) is 0. The van der Waals surface area contributed by atoms with Crippen LogP contribution in [0.3, 0.4) is 0 Å². The zero-order chi connectivity index (χ0) is 18.0. The van der Waals surface area contributed by atoms with Crippen molar-refractivity contribution in [2.45, 2.75) is 33.2 Å². The average Bonchev–Trinajstić information content (AvgIpc) is 3.20. The molecule has 0 radical (unpaired) electrons. The summed E-state index contributed by atoms with van der Waals surface area (Å²) in [5.74, 6) is -0.155. The molecule has 2 aromatic heterocycles. The van der Waals surface area contributed by atoms with Crippen LogP contribution in [-0.4, -0.2) is 20.6 Å². The van der Waals surface area contributed by atoms with E-state index in [9.17, 15) is 9.90 Å². The second-order valence-corrected chi connectivity index (χ2v) is 6.80. The lowest BCUT2D eigenvalue weighted by Crippen LogP contribution is -2.13. The van der Waals surface area contributed by atoms with Gasteiger partial charge in [-0.1, -0.05) is 19.1 Å². The van der Waals surface area contributed by atoms with Gasteiger partial charge in [-0.25, -0.2) is 4.98 Å². The molecule has 0 aliphatic carbocycles. The van der Waals surface area contributed by atoms with Crippen molar-refractivity contribution in [3.63, 3.8) is 0 Å². The molecular weight excluding hydrogens is 334 g/mol.